The van der Waals surface area contributed by atoms with Crippen LogP contribution in [0.2, 0.25) is 0 Å². The molecule has 1 saturated heterocycles. The number of ether oxygens (including phenoxy) is 2. The lowest BCUT2D eigenvalue weighted by Crippen LogP contribution is -2.35. The van der Waals surface area contributed by atoms with Crippen molar-refractivity contribution in [3.05, 3.63) is 35.9 Å². The molecule has 1 aliphatic heterocycles. The first-order valence-electron chi connectivity index (χ1n) is 7.89. The number of nitrogens with zero attached hydrogens (tertiary/aromatic N) is 1. The Kier molecular flexibility index (Phi) is 6.04. The monoisotopic (exact) mass is 319 g/mol. The lowest BCUT2D eigenvalue weighted by molar-refractivity contribution is -0.143. The Balaban J connectivity index is 2.07. The van der Waals surface area contributed by atoms with Crippen molar-refractivity contribution in [1.29, 1.82) is 0 Å². The maximum absolute atomic E-state index is 11.0. The number of carboxylic acids is 1. The first-order chi connectivity index (χ1) is 11.0. The molecule has 0 atom stereocenters. The summed E-state index contributed by atoms with van der Waals surface area (Å²) in [6.07, 6.45) is 1.39. The summed E-state index contributed by atoms with van der Waals surface area (Å²) in [5.74, 6) is 0.565. The van der Waals surface area contributed by atoms with Crippen LogP contribution in [0.4, 0.5) is 0 Å². The highest BCUT2D eigenvalue weighted by molar-refractivity contribution is 5.70. The molecule has 1 N–H and O–H groups in total. The number of rotatable bonds is 7. The van der Waals surface area contributed by atoms with Crippen LogP contribution in [-0.4, -0.2) is 42.8 Å². The highest BCUT2D eigenvalue weighted by Gasteiger charge is 2.25. The van der Waals surface area contributed by atoms with Gasteiger partial charge in [-0.1, -0.05) is 18.7 Å². The minimum atomic E-state index is -0.684. The first kappa shape index (κ1) is 17.3. The molecular weight excluding hydrogens is 294 g/mol. The van der Waals surface area contributed by atoms with E-state index in [4.69, 9.17) is 14.6 Å². The molecule has 1 heterocycles. The molecule has 2 rings (SSSR count). The van der Waals surface area contributed by atoms with Crippen molar-refractivity contribution in [2.75, 3.05) is 26.8 Å². The zero-order chi connectivity index (χ0) is 16.8. The molecule has 1 aromatic rings. The van der Waals surface area contributed by atoms with E-state index in [1.165, 1.54) is 0 Å². The number of para-hydroxylation sites is 1. The molecule has 5 nitrogen and oxygen atoms in total. The number of aliphatic carboxylic acids is 1. The number of carboxylic acid groups (broad SMARTS) is 1. The van der Waals surface area contributed by atoms with Gasteiger partial charge in [-0.25, -0.2) is 0 Å². The molecular formula is C18H25NO4. The Morgan fingerprint density at radius 1 is 1.39 bits per heavy atom. The van der Waals surface area contributed by atoms with Crippen molar-refractivity contribution in [2.24, 2.45) is 5.92 Å². The quantitative estimate of drug-likeness (QED) is 0.783. The van der Waals surface area contributed by atoms with Gasteiger partial charge in [-0.05, 0) is 44.5 Å². The van der Waals surface area contributed by atoms with Crippen molar-refractivity contribution in [2.45, 2.75) is 26.3 Å². The highest BCUT2D eigenvalue weighted by atomic mass is 16.5. The number of piperidine rings is 1. The molecule has 0 saturated carbocycles. The third-order valence-corrected chi connectivity index (χ3v) is 4.07. The van der Waals surface area contributed by atoms with E-state index < -0.39 is 5.97 Å². The molecule has 0 bridgehead atoms. The molecule has 1 aromatic carbocycles. The van der Waals surface area contributed by atoms with E-state index in [1.54, 1.807) is 7.11 Å². The van der Waals surface area contributed by atoms with E-state index in [0.29, 0.717) is 25.2 Å². The number of hydrogen-bond acceptors (Lipinski definition) is 4. The van der Waals surface area contributed by atoms with E-state index in [-0.39, 0.29) is 5.92 Å². The van der Waals surface area contributed by atoms with Crippen LogP contribution in [0.3, 0.4) is 0 Å². The van der Waals surface area contributed by atoms with Crippen LogP contribution in [0.5, 0.6) is 11.5 Å². The Morgan fingerprint density at radius 3 is 2.65 bits per heavy atom. The smallest absolute Gasteiger partial charge is 0.306 e. The lowest BCUT2D eigenvalue weighted by atomic mass is 9.97. The van der Waals surface area contributed by atoms with Crippen LogP contribution in [-0.2, 0) is 11.3 Å². The third kappa shape index (κ3) is 4.73. The van der Waals surface area contributed by atoms with Gasteiger partial charge in [-0.3, -0.25) is 9.69 Å². The largest absolute Gasteiger partial charge is 0.493 e. The second-order valence-corrected chi connectivity index (χ2v) is 6.08. The molecule has 126 valence electrons. The Labute approximate surface area is 137 Å². The topological polar surface area (TPSA) is 59.0 Å². The standard InChI is InChI=1S/C18H25NO4/c1-13(2)12-23-17-15(5-4-6-16(17)22-3)11-19-9-7-14(8-10-19)18(20)21/h4-6,14H,1,7-12H2,2-3H3,(H,20,21). The lowest BCUT2D eigenvalue weighted by Gasteiger charge is -2.30. The zero-order valence-corrected chi connectivity index (χ0v) is 13.9. The number of likely N-dealkylation sites (tertiary alicyclic amines) is 1. The van der Waals surface area contributed by atoms with Crippen LogP contribution in [0.1, 0.15) is 25.3 Å². The first-order valence-corrected chi connectivity index (χ1v) is 7.89. The highest BCUT2D eigenvalue weighted by Crippen LogP contribution is 2.33. The molecule has 1 aliphatic rings. The Bertz CT molecular complexity index is 562. The van der Waals surface area contributed by atoms with Crippen LogP contribution >= 0.6 is 0 Å². The van der Waals surface area contributed by atoms with Gasteiger partial charge in [0.2, 0.25) is 0 Å². The summed E-state index contributed by atoms with van der Waals surface area (Å²) in [5.41, 5.74) is 2.00. The van der Waals surface area contributed by atoms with Gasteiger partial charge in [-0.2, -0.15) is 0 Å². The minimum Gasteiger partial charge on any atom is -0.493 e. The number of methoxy groups -OCH3 is 1. The van der Waals surface area contributed by atoms with E-state index >= 15 is 0 Å². The van der Waals surface area contributed by atoms with Gasteiger partial charge in [0, 0.05) is 12.1 Å². The zero-order valence-electron chi connectivity index (χ0n) is 13.9. The Morgan fingerprint density at radius 2 is 2.09 bits per heavy atom. The van der Waals surface area contributed by atoms with E-state index in [9.17, 15) is 4.79 Å². The summed E-state index contributed by atoms with van der Waals surface area (Å²) >= 11 is 0. The maximum atomic E-state index is 11.0. The second kappa shape index (κ2) is 8.02. The fourth-order valence-corrected chi connectivity index (χ4v) is 2.78. The molecule has 0 aromatic heterocycles. The van der Waals surface area contributed by atoms with Gasteiger partial charge in [0.25, 0.3) is 0 Å². The van der Waals surface area contributed by atoms with Gasteiger partial charge in [0.15, 0.2) is 11.5 Å². The van der Waals surface area contributed by atoms with Crippen LogP contribution < -0.4 is 9.47 Å². The molecule has 1 fully saturated rings. The van der Waals surface area contributed by atoms with E-state index in [1.807, 2.05) is 25.1 Å². The summed E-state index contributed by atoms with van der Waals surface area (Å²) in [4.78, 5) is 13.3. The van der Waals surface area contributed by atoms with Gasteiger partial charge in [-0.15, -0.1) is 0 Å². The summed E-state index contributed by atoms with van der Waals surface area (Å²) in [7, 11) is 1.63. The molecule has 0 spiro atoms. The predicted octanol–water partition coefficient (Wildman–Crippen LogP) is 2.95. The van der Waals surface area contributed by atoms with Crippen molar-refractivity contribution >= 4 is 5.97 Å². The van der Waals surface area contributed by atoms with Crippen molar-refractivity contribution < 1.29 is 19.4 Å². The van der Waals surface area contributed by atoms with Gasteiger partial charge >= 0.3 is 5.97 Å². The summed E-state index contributed by atoms with van der Waals surface area (Å²) in [5, 5.41) is 9.09. The predicted molar refractivity (Wildman–Crippen MR) is 88.9 cm³/mol. The van der Waals surface area contributed by atoms with E-state index in [0.717, 1.165) is 36.5 Å². The number of carbonyl (C=O) groups is 1. The van der Waals surface area contributed by atoms with Crippen LogP contribution in [0, 0.1) is 5.92 Å². The summed E-state index contributed by atoms with van der Waals surface area (Å²) in [6.45, 7) is 8.54. The van der Waals surface area contributed by atoms with Crippen molar-refractivity contribution in [3.8, 4) is 11.5 Å². The normalized spacial score (nSPS) is 16.1. The number of hydrogen-bond donors (Lipinski definition) is 1. The maximum Gasteiger partial charge on any atom is 0.306 e. The van der Waals surface area contributed by atoms with Crippen LogP contribution in [0.25, 0.3) is 0 Å². The molecule has 0 aliphatic carbocycles. The average molecular weight is 319 g/mol. The molecule has 23 heavy (non-hydrogen) atoms. The SMILES string of the molecule is C=C(C)COc1c(CN2CCC(C(=O)O)CC2)cccc1OC. The van der Waals surface area contributed by atoms with Crippen molar-refractivity contribution in [1.82, 2.24) is 4.90 Å². The number of benzene rings is 1. The summed E-state index contributed by atoms with van der Waals surface area (Å²) < 4.78 is 11.3. The summed E-state index contributed by atoms with van der Waals surface area (Å²) in [6, 6.07) is 5.86. The van der Waals surface area contributed by atoms with Crippen LogP contribution in [0.15, 0.2) is 30.4 Å². The molecule has 0 radical (unpaired) electrons. The molecule has 0 unspecified atom stereocenters. The fraction of sp³-hybridized carbons (Fsp3) is 0.500. The third-order valence-electron chi connectivity index (χ3n) is 4.07. The van der Waals surface area contributed by atoms with Gasteiger partial charge in [0.1, 0.15) is 6.61 Å². The fourth-order valence-electron chi connectivity index (χ4n) is 2.78. The Hall–Kier alpha value is -2.01. The minimum absolute atomic E-state index is 0.212. The van der Waals surface area contributed by atoms with E-state index in [2.05, 4.69) is 11.5 Å². The molecule has 0 amide bonds. The second-order valence-electron chi connectivity index (χ2n) is 6.08. The van der Waals surface area contributed by atoms with Gasteiger partial charge in [0.05, 0.1) is 13.0 Å². The molecule has 5 heteroatoms. The van der Waals surface area contributed by atoms with Crippen molar-refractivity contribution in [3.63, 3.8) is 0 Å². The average Bonchev–Trinajstić information content (AvgIpc) is 2.53. The van der Waals surface area contributed by atoms with Gasteiger partial charge < -0.3 is 14.6 Å².